The standard InChI is InChI=1S/C23H25ClN4O2/c1-2-21-25-20-14-18(24)8-9-19(20)23(26-21)28-12-10-27(11-13-28)22(29)16-30-15-17-6-4-3-5-7-17/h3-9,14H,2,10-13,15-16H2,1H3. The molecular formula is C23H25ClN4O2. The summed E-state index contributed by atoms with van der Waals surface area (Å²) in [5.74, 6) is 1.74. The molecule has 1 aliphatic rings. The summed E-state index contributed by atoms with van der Waals surface area (Å²) in [6.07, 6.45) is 0.757. The maximum atomic E-state index is 12.5. The van der Waals surface area contributed by atoms with Gasteiger partial charge < -0.3 is 14.5 Å². The zero-order chi connectivity index (χ0) is 20.9. The molecule has 30 heavy (non-hydrogen) atoms. The molecule has 156 valence electrons. The number of aryl methyl sites for hydroxylation is 1. The predicted octanol–water partition coefficient (Wildman–Crippen LogP) is 3.71. The Morgan fingerprint density at radius 2 is 1.83 bits per heavy atom. The molecular weight excluding hydrogens is 400 g/mol. The van der Waals surface area contributed by atoms with Crippen LogP contribution in [0.5, 0.6) is 0 Å². The summed E-state index contributed by atoms with van der Waals surface area (Å²) < 4.78 is 5.61. The van der Waals surface area contributed by atoms with E-state index in [0.717, 1.165) is 47.6 Å². The highest BCUT2D eigenvalue weighted by molar-refractivity contribution is 6.31. The van der Waals surface area contributed by atoms with Crippen LogP contribution in [-0.4, -0.2) is 53.6 Å². The molecule has 3 aromatic rings. The maximum Gasteiger partial charge on any atom is 0.248 e. The number of nitrogens with zero attached hydrogens (tertiary/aromatic N) is 4. The second-order valence-corrected chi connectivity index (χ2v) is 7.76. The normalized spacial score (nSPS) is 14.3. The van der Waals surface area contributed by atoms with Crippen molar-refractivity contribution in [1.29, 1.82) is 0 Å². The van der Waals surface area contributed by atoms with Crippen LogP contribution in [0.25, 0.3) is 10.9 Å². The lowest BCUT2D eigenvalue weighted by atomic mass is 10.2. The minimum atomic E-state index is 0.0270. The Morgan fingerprint density at radius 1 is 1.07 bits per heavy atom. The summed E-state index contributed by atoms with van der Waals surface area (Å²) in [6, 6.07) is 15.6. The SMILES string of the molecule is CCc1nc(N2CCN(C(=O)COCc3ccccc3)CC2)c2ccc(Cl)cc2n1. The van der Waals surface area contributed by atoms with E-state index in [1.165, 1.54) is 0 Å². The van der Waals surface area contributed by atoms with Gasteiger partial charge in [0.25, 0.3) is 0 Å². The van der Waals surface area contributed by atoms with Gasteiger partial charge in [0, 0.05) is 43.0 Å². The molecule has 7 heteroatoms. The highest BCUT2D eigenvalue weighted by Gasteiger charge is 2.23. The van der Waals surface area contributed by atoms with Crippen molar-refractivity contribution >= 4 is 34.2 Å². The summed E-state index contributed by atoms with van der Waals surface area (Å²) in [4.78, 5) is 26.0. The molecule has 4 rings (SSSR count). The van der Waals surface area contributed by atoms with Gasteiger partial charge in [-0.05, 0) is 23.8 Å². The maximum absolute atomic E-state index is 12.5. The number of amides is 1. The van der Waals surface area contributed by atoms with Crippen LogP contribution in [0.1, 0.15) is 18.3 Å². The van der Waals surface area contributed by atoms with Gasteiger partial charge in [-0.3, -0.25) is 4.79 Å². The monoisotopic (exact) mass is 424 g/mol. The first-order valence-corrected chi connectivity index (χ1v) is 10.6. The first-order valence-electron chi connectivity index (χ1n) is 10.2. The van der Waals surface area contributed by atoms with Crippen LogP contribution in [0.3, 0.4) is 0 Å². The number of fused-ring (bicyclic) bond motifs is 1. The number of hydrogen-bond acceptors (Lipinski definition) is 5. The van der Waals surface area contributed by atoms with Crippen LogP contribution in [0.4, 0.5) is 5.82 Å². The van der Waals surface area contributed by atoms with Gasteiger partial charge in [-0.15, -0.1) is 0 Å². The van der Waals surface area contributed by atoms with Crippen LogP contribution in [0, 0.1) is 0 Å². The number of aromatic nitrogens is 2. The van der Waals surface area contributed by atoms with E-state index in [4.69, 9.17) is 21.3 Å². The number of hydrogen-bond donors (Lipinski definition) is 0. The molecule has 0 saturated carbocycles. The Morgan fingerprint density at radius 3 is 2.57 bits per heavy atom. The fraction of sp³-hybridized carbons (Fsp3) is 0.348. The number of ether oxygens (including phenoxy) is 1. The van der Waals surface area contributed by atoms with Gasteiger partial charge >= 0.3 is 0 Å². The molecule has 1 aliphatic heterocycles. The first kappa shape index (κ1) is 20.6. The summed E-state index contributed by atoms with van der Waals surface area (Å²) in [5.41, 5.74) is 1.93. The molecule has 1 saturated heterocycles. The summed E-state index contributed by atoms with van der Waals surface area (Å²) in [6.45, 7) is 5.33. The molecule has 1 amide bonds. The van der Waals surface area contributed by atoms with Crippen LogP contribution >= 0.6 is 11.6 Å². The molecule has 0 aliphatic carbocycles. The van der Waals surface area contributed by atoms with Gasteiger partial charge in [-0.2, -0.15) is 0 Å². The number of piperazine rings is 1. The molecule has 6 nitrogen and oxygen atoms in total. The first-order chi connectivity index (χ1) is 14.6. The Labute approximate surface area is 181 Å². The number of halogens is 1. The molecule has 0 N–H and O–H groups in total. The van der Waals surface area contributed by atoms with Crippen molar-refractivity contribution in [2.24, 2.45) is 0 Å². The van der Waals surface area contributed by atoms with Gasteiger partial charge in [-0.1, -0.05) is 48.9 Å². The van der Waals surface area contributed by atoms with E-state index < -0.39 is 0 Å². The zero-order valence-electron chi connectivity index (χ0n) is 17.1. The van der Waals surface area contributed by atoms with Gasteiger partial charge in [0.1, 0.15) is 18.2 Å². The van der Waals surface area contributed by atoms with Crippen LogP contribution in [0.2, 0.25) is 5.02 Å². The summed E-state index contributed by atoms with van der Waals surface area (Å²) >= 11 is 6.16. The van der Waals surface area contributed by atoms with Crippen molar-refractivity contribution in [1.82, 2.24) is 14.9 Å². The molecule has 0 atom stereocenters. The molecule has 0 bridgehead atoms. The third-order valence-corrected chi connectivity index (χ3v) is 5.51. The topological polar surface area (TPSA) is 58.6 Å². The number of benzene rings is 2. The molecule has 2 aromatic carbocycles. The highest BCUT2D eigenvalue weighted by Crippen LogP contribution is 2.27. The Bertz CT molecular complexity index is 1020. The molecule has 2 heterocycles. The summed E-state index contributed by atoms with van der Waals surface area (Å²) in [5, 5.41) is 1.66. The number of rotatable bonds is 6. The van der Waals surface area contributed by atoms with Crippen molar-refractivity contribution in [3.05, 3.63) is 64.9 Å². The van der Waals surface area contributed by atoms with Crippen LogP contribution in [0.15, 0.2) is 48.5 Å². The molecule has 1 fully saturated rings. The average molecular weight is 425 g/mol. The Balaban J connectivity index is 1.38. The lowest BCUT2D eigenvalue weighted by Gasteiger charge is -2.36. The van der Waals surface area contributed by atoms with Crippen molar-refractivity contribution in [2.75, 3.05) is 37.7 Å². The number of anilines is 1. The number of carbonyl (C=O) groups is 1. The smallest absolute Gasteiger partial charge is 0.248 e. The largest absolute Gasteiger partial charge is 0.367 e. The van der Waals surface area contributed by atoms with E-state index in [2.05, 4.69) is 9.88 Å². The molecule has 0 radical (unpaired) electrons. The molecule has 0 unspecified atom stereocenters. The van der Waals surface area contributed by atoms with Gasteiger partial charge in [0.15, 0.2) is 0 Å². The lowest BCUT2D eigenvalue weighted by molar-refractivity contribution is -0.136. The van der Waals surface area contributed by atoms with E-state index >= 15 is 0 Å². The van der Waals surface area contributed by atoms with E-state index in [0.29, 0.717) is 24.7 Å². The van der Waals surface area contributed by atoms with Crippen molar-refractivity contribution in [3.8, 4) is 0 Å². The zero-order valence-corrected chi connectivity index (χ0v) is 17.8. The van der Waals surface area contributed by atoms with Gasteiger partial charge in [-0.25, -0.2) is 9.97 Å². The third kappa shape index (κ3) is 4.71. The lowest BCUT2D eigenvalue weighted by Crippen LogP contribution is -2.50. The van der Waals surface area contributed by atoms with Gasteiger partial charge in [0.2, 0.25) is 5.91 Å². The number of carbonyl (C=O) groups excluding carboxylic acids is 1. The van der Waals surface area contributed by atoms with E-state index in [1.807, 2.05) is 60.4 Å². The predicted molar refractivity (Wildman–Crippen MR) is 119 cm³/mol. The fourth-order valence-corrected chi connectivity index (χ4v) is 3.79. The summed E-state index contributed by atoms with van der Waals surface area (Å²) in [7, 11) is 0. The molecule has 1 aromatic heterocycles. The Hall–Kier alpha value is -2.70. The molecule has 0 spiro atoms. The third-order valence-electron chi connectivity index (χ3n) is 5.27. The second-order valence-electron chi connectivity index (χ2n) is 7.32. The highest BCUT2D eigenvalue weighted by atomic mass is 35.5. The minimum absolute atomic E-state index is 0.0270. The van der Waals surface area contributed by atoms with Crippen LogP contribution < -0.4 is 4.90 Å². The van der Waals surface area contributed by atoms with Crippen molar-refractivity contribution < 1.29 is 9.53 Å². The van der Waals surface area contributed by atoms with Crippen LogP contribution in [-0.2, 0) is 22.6 Å². The minimum Gasteiger partial charge on any atom is -0.367 e. The van der Waals surface area contributed by atoms with E-state index in [1.54, 1.807) is 0 Å². The van der Waals surface area contributed by atoms with E-state index in [-0.39, 0.29) is 12.5 Å². The quantitative estimate of drug-likeness (QED) is 0.603. The fourth-order valence-electron chi connectivity index (χ4n) is 3.62. The van der Waals surface area contributed by atoms with Gasteiger partial charge in [0.05, 0.1) is 12.1 Å². The second kappa shape index (κ2) is 9.41. The van der Waals surface area contributed by atoms with E-state index in [9.17, 15) is 4.79 Å². The Kier molecular flexibility index (Phi) is 6.45. The van der Waals surface area contributed by atoms with Crippen molar-refractivity contribution in [3.63, 3.8) is 0 Å². The van der Waals surface area contributed by atoms with Crippen molar-refractivity contribution in [2.45, 2.75) is 20.0 Å². The average Bonchev–Trinajstić information content (AvgIpc) is 2.78.